The average Bonchev–Trinajstić information content (AvgIpc) is 3.06. The predicted octanol–water partition coefficient (Wildman–Crippen LogP) is 3.88. The second kappa shape index (κ2) is 7.47. The summed E-state index contributed by atoms with van der Waals surface area (Å²) in [6.07, 6.45) is 2.26. The summed E-state index contributed by atoms with van der Waals surface area (Å²) in [4.78, 5) is 31.4. The Labute approximate surface area is 159 Å². The Hall–Kier alpha value is -2.38. The molecule has 0 spiro atoms. The van der Waals surface area contributed by atoms with E-state index in [1.54, 1.807) is 25.1 Å². The number of halogens is 1. The van der Waals surface area contributed by atoms with E-state index in [0.29, 0.717) is 26.7 Å². The number of nitrogens with zero attached hydrogens (tertiary/aromatic N) is 2. The Morgan fingerprint density at radius 1 is 1.42 bits per heavy atom. The molecule has 0 saturated heterocycles. The number of aromatic nitrogens is 2. The Morgan fingerprint density at radius 3 is 2.85 bits per heavy atom. The molecule has 3 rings (SSSR count). The molecule has 26 heavy (non-hydrogen) atoms. The van der Waals surface area contributed by atoms with E-state index in [2.05, 4.69) is 10.3 Å². The maximum Gasteiger partial charge on any atom is 0.262 e. The first-order valence-corrected chi connectivity index (χ1v) is 9.28. The zero-order valence-electron chi connectivity index (χ0n) is 14.6. The molecule has 1 N–H and O–H groups in total. The van der Waals surface area contributed by atoms with Crippen LogP contribution in [0.3, 0.4) is 0 Å². The van der Waals surface area contributed by atoms with Gasteiger partial charge >= 0.3 is 0 Å². The number of anilines is 1. The van der Waals surface area contributed by atoms with E-state index in [4.69, 9.17) is 16.3 Å². The summed E-state index contributed by atoms with van der Waals surface area (Å²) in [6.45, 7) is 3.68. The third kappa shape index (κ3) is 3.45. The van der Waals surface area contributed by atoms with E-state index in [1.165, 1.54) is 29.3 Å². The maximum absolute atomic E-state index is 12.7. The van der Waals surface area contributed by atoms with Gasteiger partial charge in [0.25, 0.3) is 5.56 Å². The lowest BCUT2D eigenvalue weighted by Gasteiger charge is -2.15. The van der Waals surface area contributed by atoms with Gasteiger partial charge in [0, 0.05) is 10.6 Å². The number of carbonyl (C=O) groups excluding carboxylic acids is 1. The van der Waals surface area contributed by atoms with E-state index >= 15 is 0 Å². The standard InChI is InChI=1S/C18H18ClN3O3S/c1-4-12-8-13-17(26-12)20-9-22(18(13)24)10(2)16(23)21-11-5-6-15(25-3)14(19)7-11/h5-10H,4H2,1-3H3,(H,21,23)/t10-/m0/s1. The fourth-order valence-electron chi connectivity index (χ4n) is 2.55. The summed E-state index contributed by atoms with van der Waals surface area (Å²) in [5, 5.41) is 3.70. The molecular weight excluding hydrogens is 374 g/mol. The van der Waals surface area contributed by atoms with Gasteiger partial charge in [0.15, 0.2) is 0 Å². The van der Waals surface area contributed by atoms with Crippen molar-refractivity contribution in [3.8, 4) is 5.75 Å². The van der Waals surface area contributed by atoms with Crippen LogP contribution in [0.25, 0.3) is 10.2 Å². The lowest BCUT2D eigenvalue weighted by Crippen LogP contribution is -2.31. The summed E-state index contributed by atoms with van der Waals surface area (Å²) in [5.74, 6) is 0.188. The van der Waals surface area contributed by atoms with Crippen LogP contribution in [-0.4, -0.2) is 22.6 Å². The molecular formula is C18H18ClN3O3S. The summed E-state index contributed by atoms with van der Waals surface area (Å²) < 4.78 is 6.43. The highest BCUT2D eigenvalue weighted by atomic mass is 35.5. The van der Waals surface area contributed by atoms with Crippen LogP contribution in [0.1, 0.15) is 24.8 Å². The number of nitrogens with one attached hydrogen (secondary N) is 1. The van der Waals surface area contributed by atoms with Gasteiger partial charge in [0.2, 0.25) is 5.91 Å². The van der Waals surface area contributed by atoms with Gasteiger partial charge in [-0.05, 0) is 37.6 Å². The van der Waals surface area contributed by atoms with Crippen LogP contribution in [0, 0.1) is 0 Å². The number of amides is 1. The van der Waals surface area contributed by atoms with Crippen molar-refractivity contribution in [2.45, 2.75) is 26.3 Å². The monoisotopic (exact) mass is 391 g/mol. The highest BCUT2D eigenvalue weighted by Crippen LogP contribution is 2.27. The van der Waals surface area contributed by atoms with Gasteiger partial charge in [-0.2, -0.15) is 0 Å². The number of benzene rings is 1. The molecule has 0 aliphatic carbocycles. The quantitative estimate of drug-likeness (QED) is 0.716. The molecule has 0 bridgehead atoms. The smallest absolute Gasteiger partial charge is 0.262 e. The van der Waals surface area contributed by atoms with Crippen LogP contribution in [0.15, 0.2) is 35.4 Å². The number of thiophene rings is 1. The van der Waals surface area contributed by atoms with Crippen LogP contribution >= 0.6 is 22.9 Å². The Balaban J connectivity index is 1.86. The highest BCUT2D eigenvalue weighted by molar-refractivity contribution is 7.18. The van der Waals surface area contributed by atoms with Gasteiger partial charge in [-0.25, -0.2) is 4.98 Å². The summed E-state index contributed by atoms with van der Waals surface area (Å²) in [7, 11) is 1.52. The average molecular weight is 392 g/mol. The number of ether oxygens (including phenoxy) is 1. The molecule has 0 aliphatic heterocycles. The van der Waals surface area contributed by atoms with Crippen molar-refractivity contribution in [2.24, 2.45) is 0 Å². The van der Waals surface area contributed by atoms with Crippen molar-refractivity contribution in [2.75, 3.05) is 12.4 Å². The van der Waals surface area contributed by atoms with E-state index in [9.17, 15) is 9.59 Å². The van der Waals surface area contributed by atoms with Gasteiger partial charge < -0.3 is 10.1 Å². The van der Waals surface area contributed by atoms with Gasteiger partial charge in [0.05, 0.1) is 23.8 Å². The molecule has 1 atom stereocenters. The summed E-state index contributed by atoms with van der Waals surface area (Å²) >= 11 is 7.57. The Bertz CT molecular complexity index is 1030. The molecule has 0 fully saturated rings. The number of hydrogen-bond acceptors (Lipinski definition) is 5. The largest absolute Gasteiger partial charge is 0.495 e. The summed E-state index contributed by atoms with van der Waals surface area (Å²) in [5.41, 5.74) is 0.305. The Kier molecular flexibility index (Phi) is 5.29. The van der Waals surface area contributed by atoms with E-state index in [-0.39, 0.29) is 11.5 Å². The van der Waals surface area contributed by atoms with Gasteiger partial charge in [-0.1, -0.05) is 18.5 Å². The van der Waals surface area contributed by atoms with Crippen molar-refractivity contribution < 1.29 is 9.53 Å². The lowest BCUT2D eigenvalue weighted by molar-refractivity contribution is -0.118. The van der Waals surface area contributed by atoms with Crippen LogP contribution in [0.4, 0.5) is 5.69 Å². The zero-order chi connectivity index (χ0) is 18.8. The first-order valence-electron chi connectivity index (χ1n) is 8.08. The minimum absolute atomic E-state index is 0.221. The molecule has 136 valence electrons. The van der Waals surface area contributed by atoms with Gasteiger partial charge in [-0.15, -0.1) is 11.3 Å². The highest BCUT2D eigenvalue weighted by Gasteiger charge is 2.19. The molecule has 6 nitrogen and oxygen atoms in total. The number of rotatable bonds is 5. The molecule has 2 aromatic heterocycles. The Morgan fingerprint density at radius 2 is 2.19 bits per heavy atom. The molecule has 0 aliphatic rings. The minimum atomic E-state index is -0.717. The van der Waals surface area contributed by atoms with Crippen molar-refractivity contribution in [1.82, 2.24) is 9.55 Å². The second-order valence-electron chi connectivity index (χ2n) is 5.76. The molecule has 8 heteroatoms. The molecule has 3 aromatic rings. The number of methoxy groups -OCH3 is 1. The predicted molar refractivity (Wildman–Crippen MR) is 105 cm³/mol. The van der Waals surface area contributed by atoms with E-state index < -0.39 is 6.04 Å². The van der Waals surface area contributed by atoms with Crippen molar-refractivity contribution in [3.05, 3.63) is 50.8 Å². The molecule has 0 radical (unpaired) electrons. The fraction of sp³-hybridized carbons (Fsp3) is 0.278. The summed E-state index contributed by atoms with van der Waals surface area (Å²) in [6, 6.07) is 6.08. The second-order valence-corrected chi connectivity index (χ2v) is 7.28. The van der Waals surface area contributed by atoms with Crippen molar-refractivity contribution in [1.29, 1.82) is 0 Å². The van der Waals surface area contributed by atoms with Crippen molar-refractivity contribution >= 4 is 44.7 Å². The minimum Gasteiger partial charge on any atom is -0.495 e. The molecule has 0 saturated carbocycles. The first-order chi connectivity index (χ1) is 12.4. The van der Waals surface area contributed by atoms with Gasteiger partial charge in [0.1, 0.15) is 16.6 Å². The van der Waals surface area contributed by atoms with Crippen LogP contribution in [0.5, 0.6) is 5.75 Å². The number of carbonyl (C=O) groups is 1. The number of aryl methyl sites for hydroxylation is 1. The maximum atomic E-state index is 12.7. The molecule has 2 heterocycles. The third-order valence-electron chi connectivity index (χ3n) is 4.09. The van der Waals surface area contributed by atoms with Crippen molar-refractivity contribution in [3.63, 3.8) is 0 Å². The van der Waals surface area contributed by atoms with E-state index in [0.717, 1.165) is 11.3 Å². The fourth-order valence-corrected chi connectivity index (χ4v) is 3.74. The van der Waals surface area contributed by atoms with E-state index in [1.807, 2.05) is 13.0 Å². The number of fused-ring (bicyclic) bond motifs is 1. The van der Waals surface area contributed by atoms with Gasteiger partial charge in [-0.3, -0.25) is 14.2 Å². The zero-order valence-corrected chi connectivity index (χ0v) is 16.1. The SMILES string of the molecule is CCc1cc2c(=O)n([C@@H](C)C(=O)Nc3ccc(OC)c(Cl)c3)cnc2s1. The lowest BCUT2D eigenvalue weighted by atomic mass is 10.2. The molecule has 1 aromatic carbocycles. The third-order valence-corrected chi connectivity index (χ3v) is 5.58. The van der Waals surface area contributed by atoms with Crippen LogP contribution < -0.4 is 15.6 Å². The van der Waals surface area contributed by atoms with Crippen LogP contribution in [0.2, 0.25) is 5.02 Å². The molecule has 0 unspecified atom stereocenters. The van der Waals surface area contributed by atoms with Crippen LogP contribution in [-0.2, 0) is 11.2 Å². The topological polar surface area (TPSA) is 73.2 Å². The first kappa shape index (κ1) is 18.4. The number of hydrogen-bond donors (Lipinski definition) is 1. The molecule has 1 amide bonds. The normalized spacial score (nSPS) is 12.2.